The van der Waals surface area contributed by atoms with E-state index in [1.54, 1.807) is 0 Å². The van der Waals surface area contributed by atoms with Crippen molar-refractivity contribution in [2.75, 3.05) is 0 Å². The quantitative estimate of drug-likeness (QED) is 0.322. The maximum atomic E-state index is 12.6. The largest absolute Gasteiger partial charge is 0.409 e. The number of hydrogen-bond acceptors (Lipinski definition) is 3. The summed E-state index contributed by atoms with van der Waals surface area (Å²) in [5.74, 6) is -1.05. The molecule has 0 saturated carbocycles. The Morgan fingerprint density at radius 1 is 0.778 bits per heavy atom. The van der Waals surface area contributed by atoms with Gasteiger partial charge >= 0.3 is 24.7 Å². The fourth-order valence-electron chi connectivity index (χ4n) is 1.72. The van der Waals surface area contributed by atoms with Gasteiger partial charge in [0.15, 0.2) is 5.25 Å². The van der Waals surface area contributed by atoms with Crippen LogP contribution in [0.25, 0.3) is 0 Å². The smallest absolute Gasteiger partial charge is 0.169 e. The zero-order valence-corrected chi connectivity index (χ0v) is 15.1. The van der Waals surface area contributed by atoms with E-state index >= 15 is 0 Å². The van der Waals surface area contributed by atoms with Crippen LogP contribution in [0.1, 0.15) is 9.75 Å². The van der Waals surface area contributed by atoms with E-state index in [0.29, 0.717) is 11.3 Å². The van der Waals surface area contributed by atoms with E-state index in [-0.39, 0.29) is 4.88 Å². The van der Waals surface area contributed by atoms with Crippen molar-refractivity contribution in [3.63, 3.8) is 0 Å². The van der Waals surface area contributed by atoms with Gasteiger partial charge in [-0.1, -0.05) is 0 Å². The van der Waals surface area contributed by atoms with Gasteiger partial charge in [-0.15, -0.1) is 34.9 Å². The molecule has 0 saturated heterocycles. The molecule has 0 bridgehead atoms. The normalized spacial score (nSPS) is 14.5. The Hall–Kier alpha value is -0.440. The van der Waals surface area contributed by atoms with E-state index in [2.05, 4.69) is 0 Å². The Morgan fingerprint density at radius 2 is 1.19 bits per heavy atom. The average molecular weight is 476 g/mol. The van der Waals surface area contributed by atoms with Crippen LogP contribution >= 0.6 is 34.9 Å². The fourth-order valence-corrected chi connectivity index (χ4v) is 5.14. The summed E-state index contributed by atoms with van der Waals surface area (Å²) >= 11 is -0.826. The Morgan fingerprint density at radius 3 is 1.56 bits per heavy atom. The summed E-state index contributed by atoms with van der Waals surface area (Å²) in [4.78, 5) is -0.945. The molecular formula is C12H8F12S3. The predicted molar refractivity (Wildman–Crippen MR) is 78.0 cm³/mol. The first kappa shape index (κ1) is 24.6. The number of thiophene rings is 1. The molecule has 0 aliphatic rings. The number of halogens is 12. The van der Waals surface area contributed by atoms with Crippen LogP contribution < -0.4 is 0 Å². The third-order valence-electron chi connectivity index (χ3n) is 2.71. The molecule has 0 unspecified atom stereocenters. The molecule has 0 aliphatic carbocycles. The van der Waals surface area contributed by atoms with Gasteiger partial charge in [-0.05, 0) is 13.0 Å². The molecule has 27 heavy (non-hydrogen) atoms. The molecule has 0 atom stereocenters. The second-order valence-electron chi connectivity index (χ2n) is 5.00. The Bertz CT molecular complexity index is 594. The van der Waals surface area contributed by atoms with Crippen LogP contribution in [0.15, 0.2) is 11.0 Å². The van der Waals surface area contributed by atoms with Gasteiger partial charge in [0.1, 0.15) is 0 Å². The number of aryl methyl sites for hydroxylation is 1. The van der Waals surface area contributed by atoms with Crippen molar-refractivity contribution in [1.29, 1.82) is 0 Å². The first-order valence-electron chi connectivity index (χ1n) is 6.48. The summed E-state index contributed by atoms with van der Waals surface area (Å²) < 4.78 is 151. The van der Waals surface area contributed by atoms with Crippen molar-refractivity contribution in [3.05, 3.63) is 15.8 Å². The highest BCUT2D eigenvalue weighted by molar-refractivity contribution is 8.00. The summed E-state index contributed by atoms with van der Waals surface area (Å²) in [5, 5.41) is -7.67. The second-order valence-corrected chi connectivity index (χ2v) is 8.58. The van der Waals surface area contributed by atoms with Crippen LogP contribution in [0.2, 0.25) is 0 Å². The lowest BCUT2D eigenvalue weighted by molar-refractivity contribution is -0.225. The monoisotopic (exact) mass is 476 g/mol. The second kappa shape index (κ2) is 8.13. The topological polar surface area (TPSA) is 0 Å². The molecule has 0 spiro atoms. The van der Waals surface area contributed by atoms with Crippen molar-refractivity contribution in [2.24, 2.45) is 0 Å². The fraction of sp³-hybridized carbons (Fsp3) is 0.667. The van der Waals surface area contributed by atoms with Gasteiger partial charge in [0.2, 0.25) is 5.25 Å². The van der Waals surface area contributed by atoms with Crippen LogP contribution in [0, 0.1) is 6.92 Å². The lowest BCUT2D eigenvalue weighted by Crippen LogP contribution is -2.39. The first-order valence-corrected chi connectivity index (χ1v) is 9.22. The van der Waals surface area contributed by atoms with Crippen molar-refractivity contribution in [1.82, 2.24) is 0 Å². The SMILES string of the molecule is Cc1cc(SC(C(F)(F)F)C(F)(F)F)c(CSC(C(F)(F)F)C(F)(F)F)s1. The van der Waals surface area contributed by atoms with Gasteiger partial charge in [-0.3, -0.25) is 0 Å². The zero-order chi connectivity index (χ0) is 21.4. The van der Waals surface area contributed by atoms with Crippen molar-refractivity contribution in [3.8, 4) is 0 Å². The highest BCUT2D eigenvalue weighted by Crippen LogP contribution is 2.49. The molecule has 1 aromatic heterocycles. The number of rotatable bonds is 5. The molecule has 0 aliphatic heterocycles. The molecule has 0 radical (unpaired) electrons. The summed E-state index contributed by atoms with van der Waals surface area (Å²) in [6.07, 6.45) is -22.8. The van der Waals surface area contributed by atoms with Gasteiger partial charge in [0, 0.05) is 20.4 Å². The highest BCUT2D eigenvalue weighted by atomic mass is 32.2. The van der Waals surface area contributed by atoms with E-state index in [4.69, 9.17) is 0 Å². The zero-order valence-electron chi connectivity index (χ0n) is 12.7. The van der Waals surface area contributed by atoms with Crippen LogP contribution in [-0.2, 0) is 5.75 Å². The van der Waals surface area contributed by atoms with Crippen LogP contribution in [0.5, 0.6) is 0 Å². The first-order chi connectivity index (χ1) is 11.8. The van der Waals surface area contributed by atoms with Crippen molar-refractivity contribution < 1.29 is 52.7 Å². The molecule has 0 N–H and O–H groups in total. The summed E-state index contributed by atoms with van der Waals surface area (Å²) in [6.45, 7) is 1.25. The molecule has 158 valence electrons. The number of hydrogen-bond donors (Lipinski definition) is 0. The van der Waals surface area contributed by atoms with Crippen molar-refractivity contribution in [2.45, 2.75) is 52.8 Å². The van der Waals surface area contributed by atoms with Gasteiger partial charge in [0.05, 0.1) is 0 Å². The van der Waals surface area contributed by atoms with Crippen LogP contribution in [-0.4, -0.2) is 35.2 Å². The lowest BCUT2D eigenvalue weighted by Gasteiger charge is -2.23. The number of thioether (sulfide) groups is 2. The van der Waals surface area contributed by atoms with E-state index in [1.165, 1.54) is 6.92 Å². The maximum Gasteiger partial charge on any atom is 0.409 e. The molecule has 15 heteroatoms. The molecule has 1 aromatic rings. The average Bonchev–Trinajstić information content (AvgIpc) is 2.70. The van der Waals surface area contributed by atoms with Crippen LogP contribution in [0.3, 0.4) is 0 Å². The minimum atomic E-state index is -5.70. The van der Waals surface area contributed by atoms with E-state index in [9.17, 15) is 52.7 Å². The van der Waals surface area contributed by atoms with E-state index in [1.807, 2.05) is 0 Å². The molecule has 1 heterocycles. The molecule has 0 fully saturated rings. The Balaban J connectivity index is 3.10. The van der Waals surface area contributed by atoms with Gasteiger partial charge in [0.25, 0.3) is 0 Å². The predicted octanol–water partition coefficient (Wildman–Crippen LogP) is 7.37. The van der Waals surface area contributed by atoms with E-state index < -0.39 is 74.3 Å². The lowest BCUT2D eigenvalue weighted by atomic mass is 10.4. The number of alkyl halides is 12. The van der Waals surface area contributed by atoms with Gasteiger partial charge in [-0.2, -0.15) is 52.7 Å². The molecule has 0 nitrogen and oxygen atoms in total. The third kappa shape index (κ3) is 7.15. The van der Waals surface area contributed by atoms with Crippen molar-refractivity contribution >= 4 is 34.9 Å². The Kier molecular flexibility index (Phi) is 7.40. The van der Waals surface area contributed by atoms with Gasteiger partial charge in [-0.25, -0.2) is 0 Å². The standard InChI is InChI=1S/C12H8F12S3/c1-4-2-5(27-8(11(19,20)21)12(22,23)24)6(26-4)3-25-7(9(13,14)15)10(16,17)18/h2,7-8H,3H2,1H3. The molecular weight excluding hydrogens is 468 g/mol. The van der Waals surface area contributed by atoms with Gasteiger partial charge < -0.3 is 0 Å². The minimum absolute atomic E-state index is 0.145. The maximum absolute atomic E-state index is 12.6. The van der Waals surface area contributed by atoms with Crippen LogP contribution in [0.4, 0.5) is 52.7 Å². The highest BCUT2D eigenvalue weighted by Gasteiger charge is 2.58. The van der Waals surface area contributed by atoms with E-state index in [0.717, 1.165) is 6.07 Å². The molecule has 0 amide bonds. The summed E-state index contributed by atoms with van der Waals surface area (Å²) in [7, 11) is 0. The third-order valence-corrected chi connectivity index (χ3v) is 6.78. The summed E-state index contributed by atoms with van der Waals surface area (Å²) in [6, 6.07) is 0.867. The summed E-state index contributed by atoms with van der Waals surface area (Å²) in [5.41, 5.74) is 0. The minimum Gasteiger partial charge on any atom is -0.169 e. The Labute approximate surface area is 156 Å². The molecule has 1 rings (SSSR count). The molecule has 0 aromatic carbocycles.